The molecule has 9 nitrogen and oxygen atoms in total. The topological polar surface area (TPSA) is 119 Å². The minimum absolute atomic E-state index is 0.0879. The molecule has 1 N–H and O–H groups in total. The van der Waals surface area contributed by atoms with Gasteiger partial charge in [-0.05, 0) is 70.8 Å². The number of hydrogen-bond acceptors (Lipinski definition) is 8. The summed E-state index contributed by atoms with van der Waals surface area (Å²) in [5.41, 5.74) is 3.51. The van der Waals surface area contributed by atoms with Gasteiger partial charge in [-0.2, -0.15) is 0 Å². The monoisotopic (exact) mass is 689 g/mol. The molecule has 8 rings (SSSR count). The second kappa shape index (κ2) is 13.5. The molecule has 3 aliphatic rings. The number of pyridine rings is 2. The van der Waals surface area contributed by atoms with Crippen LogP contribution in [0.15, 0.2) is 151 Å². The van der Waals surface area contributed by atoms with Crippen molar-refractivity contribution in [3.05, 3.63) is 179 Å². The van der Waals surface area contributed by atoms with Crippen LogP contribution in [0.25, 0.3) is 5.57 Å². The predicted octanol–water partition coefficient (Wildman–Crippen LogP) is 5.87. The zero-order valence-corrected chi connectivity index (χ0v) is 28.3. The van der Waals surface area contributed by atoms with E-state index in [4.69, 9.17) is 14.5 Å². The first kappa shape index (κ1) is 33.0. The van der Waals surface area contributed by atoms with Crippen molar-refractivity contribution >= 4 is 23.4 Å². The number of esters is 1. The quantitative estimate of drug-likeness (QED) is 0.110. The Morgan fingerprint density at radius 3 is 2.08 bits per heavy atom. The molecular formula is C43H35N3O6. The number of carbonyl (C=O) groups excluding carboxylic acids is 3. The fourth-order valence-electron chi connectivity index (χ4n) is 8.17. The highest BCUT2D eigenvalue weighted by Gasteiger charge is 2.66. The summed E-state index contributed by atoms with van der Waals surface area (Å²) in [7, 11) is 1.54. The Morgan fingerprint density at radius 2 is 1.42 bits per heavy atom. The van der Waals surface area contributed by atoms with Crippen molar-refractivity contribution in [1.29, 1.82) is 0 Å². The number of methoxy groups -OCH3 is 1. The van der Waals surface area contributed by atoms with Gasteiger partial charge < -0.3 is 14.6 Å². The molecule has 2 bridgehead atoms. The van der Waals surface area contributed by atoms with Gasteiger partial charge in [0.05, 0.1) is 42.4 Å². The van der Waals surface area contributed by atoms with Crippen molar-refractivity contribution < 1.29 is 29.0 Å². The van der Waals surface area contributed by atoms with Gasteiger partial charge in [0.1, 0.15) is 12.4 Å². The van der Waals surface area contributed by atoms with Crippen molar-refractivity contribution in [2.24, 2.45) is 23.7 Å². The fourth-order valence-corrected chi connectivity index (χ4v) is 8.17. The fraction of sp³-hybridized carbons (Fsp3) is 0.186. The van der Waals surface area contributed by atoms with Crippen LogP contribution < -0.4 is 4.74 Å². The van der Waals surface area contributed by atoms with Crippen molar-refractivity contribution in [2.45, 2.75) is 5.60 Å². The first-order chi connectivity index (χ1) is 25.4. The molecule has 2 amide bonds. The summed E-state index contributed by atoms with van der Waals surface area (Å²) in [4.78, 5) is 52.3. The zero-order valence-electron chi connectivity index (χ0n) is 28.3. The lowest BCUT2D eigenvalue weighted by atomic mass is 9.71. The second-order valence-corrected chi connectivity index (χ2v) is 13.1. The molecule has 3 heterocycles. The van der Waals surface area contributed by atoms with E-state index < -0.39 is 35.2 Å². The van der Waals surface area contributed by atoms with Gasteiger partial charge in [0.25, 0.3) is 0 Å². The molecule has 0 radical (unpaired) electrons. The largest absolute Gasteiger partial charge is 0.497 e. The third kappa shape index (κ3) is 5.41. The molecule has 1 aliphatic heterocycles. The van der Waals surface area contributed by atoms with Gasteiger partial charge in [-0.15, -0.1) is 0 Å². The van der Waals surface area contributed by atoms with E-state index in [2.05, 4.69) is 4.98 Å². The molecule has 52 heavy (non-hydrogen) atoms. The Labute approximate surface area is 300 Å². The molecule has 9 heteroatoms. The number of aliphatic hydroxyl groups is 1. The molecule has 5 aromatic rings. The van der Waals surface area contributed by atoms with Gasteiger partial charge in [-0.3, -0.25) is 24.5 Å². The average molecular weight is 690 g/mol. The van der Waals surface area contributed by atoms with E-state index in [-0.39, 0.29) is 25.0 Å². The molecule has 2 aromatic heterocycles. The predicted molar refractivity (Wildman–Crippen MR) is 192 cm³/mol. The van der Waals surface area contributed by atoms with Gasteiger partial charge >= 0.3 is 5.97 Å². The van der Waals surface area contributed by atoms with Gasteiger partial charge in [0.15, 0.2) is 5.60 Å². The Morgan fingerprint density at radius 1 is 0.769 bits per heavy atom. The van der Waals surface area contributed by atoms with Crippen LogP contribution in [-0.2, 0) is 19.9 Å². The van der Waals surface area contributed by atoms with Crippen LogP contribution in [0.3, 0.4) is 0 Å². The molecule has 1 unspecified atom stereocenters. The number of imide groups is 1. The Balaban J connectivity index is 1.22. The van der Waals surface area contributed by atoms with Crippen LogP contribution in [0.5, 0.6) is 5.75 Å². The normalized spacial score (nSPS) is 22.4. The molecule has 2 aliphatic carbocycles. The average Bonchev–Trinajstić information content (AvgIpc) is 3.82. The first-order valence-electron chi connectivity index (χ1n) is 17.2. The highest BCUT2D eigenvalue weighted by atomic mass is 16.5. The van der Waals surface area contributed by atoms with Crippen LogP contribution in [0.4, 0.5) is 0 Å². The molecule has 1 saturated carbocycles. The van der Waals surface area contributed by atoms with Crippen molar-refractivity contribution in [3.63, 3.8) is 0 Å². The van der Waals surface area contributed by atoms with Crippen molar-refractivity contribution in [3.8, 4) is 5.75 Å². The Bertz CT molecular complexity index is 2110. The number of ether oxygens (including phenoxy) is 2. The summed E-state index contributed by atoms with van der Waals surface area (Å²) in [5, 5.41) is 13.1. The maximum absolute atomic E-state index is 14.6. The van der Waals surface area contributed by atoms with Crippen molar-refractivity contribution in [1.82, 2.24) is 14.9 Å². The molecule has 2 fully saturated rings. The Hall–Kier alpha value is -6.19. The lowest BCUT2D eigenvalue weighted by Gasteiger charge is -2.36. The summed E-state index contributed by atoms with van der Waals surface area (Å²) in [6, 6.07) is 36.7. The first-order valence-corrected chi connectivity index (χ1v) is 17.2. The summed E-state index contributed by atoms with van der Waals surface area (Å²) in [5.74, 6) is -3.35. The van der Waals surface area contributed by atoms with Crippen LogP contribution in [-0.4, -0.2) is 58.0 Å². The van der Waals surface area contributed by atoms with E-state index in [1.165, 1.54) is 12.0 Å². The number of amides is 2. The maximum Gasteiger partial charge on any atom is 0.338 e. The summed E-state index contributed by atoms with van der Waals surface area (Å²) >= 11 is 0. The summed E-state index contributed by atoms with van der Waals surface area (Å²) in [6.07, 6.45) is 5.34. The number of aromatic nitrogens is 2. The third-order valence-corrected chi connectivity index (χ3v) is 10.4. The van der Waals surface area contributed by atoms with Gasteiger partial charge in [0.2, 0.25) is 11.8 Å². The summed E-state index contributed by atoms with van der Waals surface area (Å²) < 4.78 is 10.7. The van der Waals surface area contributed by atoms with Gasteiger partial charge in [0, 0.05) is 29.8 Å². The standard InChI is InChI=1S/C43H35N3O6/c1-51-30-20-18-28(19-21-30)42(49)52-25-24-46-40(47)37-31-26-32(43(50,29-14-6-3-7-15-29)34-17-9-11-23-45-34)38(39(37)41(46)48)36(31)35(27-12-4-2-5-13-27)33-16-8-10-22-44-33/h2-23,26,31,37-39,50H,24-25H2,1H3/t31-,37-,38+,39-,43?/m0/s1. The molecule has 0 spiro atoms. The van der Waals surface area contributed by atoms with Gasteiger partial charge in [-0.1, -0.05) is 78.9 Å². The molecule has 258 valence electrons. The number of hydrogen-bond donors (Lipinski definition) is 1. The van der Waals surface area contributed by atoms with Crippen LogP contribution in [0, 0.1) is 23.7 Å². The van der Waals surface area contributed by atoms with Crippen LogP contribution in [0.1, 0.15) is 32.9 Å². The van der Waals surface area contributed by atoms with E-state index in [9.17, 15) is 19.5 Å². The Kier molecular flexibility index (Phi) is 8.56. The highest BCUT2D eigenvalue weighted by molar-refractivity contribution is 6.08. The number of likely N-dealkylation sites (tertiary alicyclic amines) is 1. The number of nitrogens with zero attached hydrogens (tertiary/aromatic N) is 3. The number of allylic oxidation sites excluding steroid dienone is 2. The number of carbonyl (C=O) groups is 3. The smallest absolute Gasteiger partial charge is 0.338 e. The van der Waals surface area contributed by atoms with Crippen LogP contribution >= 0.6 is 0 Å². The van der Waals surface area contributed by atoms with Gasteiger partial charge in [-0.25, -0.2) is 4.79 Å². The van der Waals surface area contributed by atoms with E-state index in [0.29, 0.717) is 33.8 Å². The van der Waals surface area contributed by atoms with E-state index >= 15 is 0 Å². The van der Waals surface area contributed by atoms with E-state index in [0.717, 1.165) is 16.7 Å². The van der Waals surface area contributed by atoms with Crippen molar-refractivity contribution in [2.75, 3.05) is 20.3 Å². The number of rotatable bonds is 10. The van der Waals surface area contributed by atoms with E-state index in [1.807, 2.05) is 91.0 Å². The van der Waals surface area contributed by atoms with Crippen LogP contribution in [0.2, 0.25) is 0 Å². The molecule has 5 atom stereocenters. The summed E-state index contributed by atoms with van der Waals surface area (Å²) in [6.45, 7) is -0.249. The minimum Gasteiger partial charge on any atom is -0.497 e. The SMILES string of the molecule is COc1ccc(C(=O)OCCN2C(=O)[C@@H]3[C@@H]4C(C(O)(c5ccccc5)c5ccccn5)=C[C@@H](C4=C(c4ccccc4)c4ccccn4)[C@@H]3C2=O)cc1. The molecule has 1 saturated heterocycles. The molecular weight excluding hydrogens is 654 g/mol. The lowest BCUT2D eigenvalue weighted by Crippen LogP contribution is -2.39. The number of fused-ring (bicyclic) bond motifs is 5. The lowest BCUT2D eigenvalue weighted by molar-refractivity contribution is -0.141. The molecule has 3 aromatic carbocycles. The highest BCUT2D eigenvalue weighted by Crippen LogP contribution is 2.64. The second-order valence-electron chi connectivity index (χ2n) is 13.1. The number of benzene rings is 3. The zero-order chi connectivity index (χ0) is 35.8. The van der Waals surface area contributed by atoms with E-state index in [1.54, 1.807) is 48.8 Å². The minimum atomic E-state index is -1.71. The maximum atomic E-state index is 14.6. The third-order valence-electron chi connectivity index (χ3n) is 10.4.